The number of aromatic carboxylic acids is 1. The van der Waals surface area contributed by atoms with Crippen molar-refractivity contribution >= 4 is 56.1 Å². The number of ether oxygens (including phenoxy) is 1. The Morgan fingerprint density at radius 3 is 2.57 bits per heavy atom. The third-order valence-corrected chi connectivity index (χ3v) is 15.0. The Balaban J connectivity index is 0.919. The van der Waals surface area contributed by atoms with Gasteiger partial charge in [0.15, 0.2) is 22.5 Å². The van der Waals surface area contributed by atoms with E-state index in [0.29, 0.717) is 54.4 Å². The Labute approximate surface area is 360 Å². The maximum Gasteiger partial charge on any atom is 0.355 e. The smallest absolute Gasteiger partial charge is 0.355 e. The van der Waals surface area contributed by atoms with E-state index in [1.54, 1.807) is 11.3 Å². The largest absolute Gasteiger partial charge is 0.481 e. The minimum Gasteiger partial charge on any atom is -0.481 e. The van der Waals surface area contributed by atoms with Crippen LogP contribution in [-0.2, 0) is 22.5 Å². The number of anilines is 4. The van der Waals surface area contributed by atoms with E-state index in [1.807, 2.05) is 62.3 Å². The summed E-state index contributed by atoms with van der Waals surface area (Å²) in [6.45, 7) is 12.6. The van der Waals surface area contributed by atoms with Gasteiger partial charge in [-0.3, -0.25) is 9.48 Å². The van der Waals surface area contributed by atoms with Gasteiger partial charge in [-0.15, -0.1) is 10.2 Å². The molecular formula is C46H57N9O5S. The number of nitrogens with one attached hydrogen (secondary N) is 1. The molecule has 5 unspecified atom stereocenters. The van der Waals surface area contributed by atoms with Crippen LogP contribution in [0.15, 0.2) is 42.6 Å². The van der Waals surface area contributed by atoms with E-state index in [0.717, 1.165) is 95.9 Å². The molecule has 14 nitrogen and oxygen atoms in total. The van der Waals surface area contributed by atoms with Gasteiger partial charge in [0.1, 0.15) is 5.82 Å². The van der Waals surface area contributed by atoms with E-state index in [-0.39, 0.29) is 28.5 Å². The monoisotopic (exact) mass is 847 g/mol. The number of aromatic nitrogens is 6. The molecule has 4 aromatic heterocycles. The molecule has 61 heavy (non-hydrogen) atoms. The fourth-order valence-corrected chi connectivity index (χ4v) is 12.8. The SMILES string of the molecule is Cc1c(Nc2nc3ccccc3s2)nnc2c1CCCN2c1ccc(-c2cnn(CC3CC4(C)CC5(C)CC3CC(OCCN(C)CCCC(=O)O)(C4)C5)c2C)c(C(=O)O)n1. The van der Waals surface area contributed by atoms with E-state index < -0.39 is 11.9 Å². The van der Waals surface area contributed by atoms with Gasteiger partial charge in [-0.1, -0.05) is 37.3 Å². The molecule has 4 aliphatic carbocycles. The number of likely N-dealkylation sites (N-methyl/N-ethyl adjacent to an activating group) is 1. The van der Waals surface area contributed by atoms with Crippen LogP contribution in [0.1, 0.15) is 98.9 Å². The van der Waals surface area contributed by atoms with Gasteiger partial charge in [0.05, 0.1) is 28.6 Å². The highest BCUT2D eigenvalue weighted by atomic mass is 32.1. The molecule has 5 atom stereocenters. The number of hydrogen-bond acceptors (Lipinski definition) is 12. The van der Waals surface area contributed by atoms with Crippen LogP contribution in [0.4, 0.5) is 22.6 Å². The summed E-state index contributed by atoms with van der Waals surface area (Å²) in [4.78, 5) is 37.6. The van der Waals surface area contributed by atoms with E-state index in [9.17, 15) is 14.7 Å². The van der Waals surface area contributed by atoms with Crippen LogP contribution in [0.2, 0.25) is 0 Å². The van der Waals surface area contributed by atoms with Crippen molar-refractivity contribution in [1.82, 2.24) is 34.8 Å². The van der Waals surface area contributed by atoms with Crippen molar-refractivity contribution in [1.29, 1.82) is 0 Å². The van der Waals surface area contributed by atoms with E-state index in [2.05, 4.69) is 45.0 Å². The second-order valence-electron chi connectivity index (χ2n) is 19.2. The Hall–Kier alpha value is -4.99. The molecule has 322 valence electrons. The maximum absolute atomic E-state index is 12.9. The molecule has 1 aromatic carbocycles. The van der Waals surface area contributed by atoms with Gasteiger partial charge in [-0.2, -0.15) is 5.10 Å². The van der Waals surface area contributed by atoms with Crippen molar-refractivity contribution < 1.29 is 24.5 Å². The number of fused-ring (bicyclic) bond motifs is 3. The molecule has 0 amide bonds. The van der Waals surface area contributed by atoms with Gasteiger partial charge >= 0.3 is 11.9 Å². The van der Waals surface area contributed by atoms with Crippen LogP contribution in [0.3, 0.4) is 0 Å². The van der Waals surface area contributed by atoms with Crippen molar-refractivity contribution in [3.63, 3.8) is 0 Å². The molecular weight excluding hydrogens is 791 g/mol. The van der Waals surface area contributed by atoms with E-state index in [4.69, 9.17) is 24.9 Å². The number of carboxylic acid groups (broad SMARTS) is 2. The number of nitrogens with zero attached hydrogens (tertiary/aromatic N) is 8. The zero-order valence-corrected chi connectivity index (χ0v) is 36.7. The fraction of sp³-hybridized carbons (Fsp3) is 0.543. The van der Waals surface area contributed by atoms with Crippen molar-refractivity contribution in [2.45, 2.75) is 104 Å². The van der Waals surface area contributed by atoms with Gasteiger partial charge in [0.25, 0.3) is 0 Å². The number of carboxylic acids is 2. The minimum atomic E-state index is -1.09. The Morgan fingerprint density at radius 2 is 1.79 bits per heavy atom. The minimum absolute atomic E-state index is 0.0106. The number of para-hydroxylation sites is 1. The Kier molecular flexibility index (Phi) is 10.9. The quantitative estimate of drug-likeness (QED) is 0.0915. The van der Waals surface area contributed by atoms with Crippen LogP contribution in [0, 0.1) is 36.5 Å². The average Bonchev–Trinajstić information content (AvgIpc) is 3.75. The fourth-order valence-electron chi connectivity index (χ4n) is 12.0. The first-order valence-electron chi connectivity index (χ1n) is 21.8. The molecule has 4 fully saturated rings. The van der Waals surface area contributed by atoms with Gasteiger partial charge in [-0.05, 0) is 132 Å². The standard InChI is InChI=1S/C46H57N9O5S/c1-28-32-10-8-17-54(41(32)52-51-40(28)50-43-48-35-11-6-7-12-36(35)61-43)37-15-14-33(39(49-37)42(58)59)34-23-47-55(29(34)2)24-31-21-45(4)25-44(3)20-30(31)22-46(26-44,27-45)60-19-18-53(5)16-9-13-38(56)57/h6-7,11-12,14-15,23,30-31H,8-10,13,16-22,24-27H2,1-5H3,(H,56,57)(H,58,59)(H,48,50,51). The first-order valence-corrected chi connectivity index (χ1v) is 22.6. The third kappa shape index (κ3) is 8.23. The third-order valence-electron chi connectivity index (χ3n) is 14.0. The lowest BCUT2D eigenvalue weighted by atomic mass is 9.53. The average molecular weight is 848 g/mol. The maximum atomic E-state index is 12.9. The first-order chi connectivity index (χ1) is 29.2. The highest BCUT2D eigenvalue weighted by Crippen LogP contribution is 2.66. The topological polar surface area (TPSA) is 172 Å². The molecule has 0 spiro atoms. The van der Waals surface area contributed by atoms with Crippen molar-refractivity contribution in [2.24, 2.45) is 22.7 Å². The summed E-state index contributed by atoms with van der Waals surface area (Å²) in [7, 11) is 2.05. The zero-order chi connectivity index (χ0) is 42.7. The first kappa shape index (κ1) is 41.4. The number of carbonyl (C=O) groups is 2. The number of aliphatic carboxylic acids is 1. The second-order valence-corrected chi connectivity index (χ2v) is 20.2. The van der Waals surface area contributed by atoms with Crippen LogP contribution in [-0.4, -0.2) is 95.9 Å². The Bertz CT molecular complexity index is 2460. The van der Waals surface area contributed by atoms with Crippen LogP contribution >= 0.6 is 11.3 Å². The van der Waals surface area contributed by atoms with Crippen LogP contribution < -0.4 is 10.2 Å². The lowest BCUT2D eigenvalue weighted by molar-refractivity contribution is -0.165. The van der Waals surface area contributed by atoms with E-state index >= 15 is 0 Å². The number of thiazole rings is 1. The predicted molar refractivity (Wildman–Crippen MR) is 236 cm³/mol. The van der Waals surface area contributed by atoms with Crippen molar-refractivity contribution in [2.75, 3.05) is 43.5 Å². The molecule has 5 aromatic rings. The molecule has 5 heterocycles. The summed E-state index contributed by atoms with van der Waals surface area (Å²) >= 11 is 1.57. The highest BCUT2D eigenvalue weighted by Gasteiger charge is 2.60. The number of pyridine rings is 1. The molecule has 0 radical (unpaired) electrons. The summed E-state index contributed by atoms with van der Waals surface area (Å²) in [5.41, 5.74) is 5.47. The second kappa shape index (κ2) is 16.0. The van der Waals surface area contributed by atoms with Gasteiger partial charge in [0.2, 0.25) is 0 Å². The molecule has 0 saturated heterocycles. The van der Waals surface area contributed by atoms with Crippen LogP contribution in [0.5, 0.6) is 0 Å². The van der Waals surface area contributed by atoms with Crippen molar-refractivity contribution in [3.8, 4) is 11.1 Å². The number of benzene rings is 1. The summed E-state index contributed by atoms with van der Waals surface area (Å²) in [5.74, 6) is 0.960. The summed E-state index contributed by atoms with van der Waals surface area (Å²) in [6, 6.07) is 11.8. The lowest BCUT2D eigenvalue weighted by Gasteiger charge is -2.56. The molecule has 3 N–H and O–H groups in total. The normalized spacial score (nSPS) is 25.6. The molecule has 10 rings (SSSR count). The Morgan fingerprint density at radius 1 is 0.984 bits per heavy atom. The summed E-state index contributed by atoms with van der Waals surface area (Å²) in [5, 5.41) is 37.9. The molecule has 4 saturated carbocycles. The van der Waals surface area contributed by atoms with E-state index in [1.165, 1.54) is 12.8 Å². The molecule has 15 heteroatoms. The molecule has 4 bridgehead atoms. The molecule has 1 aliphatic heterocycles. The predicted octanol–water partition coefficient (Wildman–Crippen LogP) is 8.67. The summed E-state index contributed by atoms with van der Waals surface area (Å²) < 4.78 is 10.1. The van der Waals surface area contributed by atoms with Gasteiger partial charge in [-0.25, -0.2) is 14.8 Å². The highest BCUT2D eigenvalue weighted by molar-refractivity contribution is 7.22. The zero-order valence-electron chi connectivity index (χ0n) is 35.9. The summed E-state index contributed by atoms with van der Waals surface area (Å²) in [6.07, 6.45) is 11.0. The number of hydrogen-bond donors (Lipinski definition) is 3. The van der Waals surface area contributed by atoms with Crippen molar-refractivity contribution in [3.05, 3.63) is 65.1 Å². The lowest BCUT2D eigenvalue weighted by Crippen LogP contribution is -2.52. The molecule has 5 aliphatic rings. The number of rotatable bonds is 15. The van der Waals surface area contributed by atoms with Crippen LogP contribution in [0.25, 0.3) is 21.3 Å². The van der Waals surface area contributed by atoms with Gasteiger partial charge < -0.3 is 30.1 Å². The van der Waals surface area contributed by atoms with Gasteiger partial charge in [0, 0.05) is 54.0 Å².